The molecule has 0 amide bonds. The van der Waals surface area contributed by atoms with E-state index in [1.165, 1.54) is 69.8 Å². The van der Waals surface area contributed by atoms with E-state index in [-0.39, 0.29) is 0 Å². The highest BCUT2D eigenvalue weighted by molar-refractivity contribution is 5.25. The van der Waals surface area contributed by atoms with Crippen LogP contribution in [0.2, 0.25) is 0 Å². The Morgan fingerprint density at radius 1 is 0.833 bits per heavy atom. The highest BCUT2D eigenvalue weighted by Gasteiger charge is 2.30. The van der Waals surface area contributed by atoms with Crippen LogP contribution in [-0.2, 0) is 11.3 Å². The van der Waals surface area contributed by atoms with Gasteiger partial charge < -0.3 is 4.74 Å². The molecule has 0 spiro atoms. The zero-order valence-corrected chi connectivity index (χ0v) is 19.5. The van der Waals surface area contributed by atoms with Crippen molar-refractivity contribution >= 4 is 0 Å². The molecule has 0 aliphatic heterocycles. The maximum atomic E-state index is 5.77. The molecule has 2 aliphatic rings. The monoisotopic (exact) mass is 408 g/mol. The minimum absolute atomic E-state index is 0.738. The molecule has 1 heteroatoms. The van der Waals surface area contributed by atoms with Gasteiger partial charge in [-0.3, -0.25) is 0 Å². The topological polar surface area (TPSA) is 9.23 Å². The van der Waals surface area contributed by atoms with E-state index in [2.05, 4.69) is 62.4 Å². The number of ether oxygens (including phenoxy) is 1. The third kappa shape index (κ3) is 7.41. The quantitative estimate of drug-likeness (QED) is 0.278. The maximum Gasteiger partial charge on any atom is 0.0717 e. The molecule has 0 radical (unpaired) electrons. The van der Waals surface area contributed by atoms with Crippen LogP contribution in [0.5, 0.6) is 0 Å². The first kappa shape index (κ1) is 23.3. The summed E-state index contributed by atoms with van der Waals surface area (Å²) in [4.78, 5) is 0. The Hall–Kier alpha value is -1.34. The molecule has 2 saturated carbocycles. The third-order valence-electron chi connectivity index (χ3n) is 7.59. The Labute approximate surface area is 186 Å². The third-order valence-corrected chi connectivity index (χ3v) is 7.59. The van der Waals surface area contributed by atoms with Crippen LogP contribution in [-0.4, -0.2) is 6.61 Å². The second-order valence-corrected chi connectivity index (χ2v) is 9.66. The van der Waals surface area contributed by atoms with Crippen LogP contribution in [0.25, 0.3) is 0 Å². The van der Waals surface area contributed by atoms with Gasteiger partial charge in [0.2, 0.25) is 0 Å². The molecule has 30 heavy (non-hydrogen) atoms. The lowest BCUT2D eigenvalue weighted by Crippen LogP contribution is -2.25. The Balaban J connectivity index is 1.36. The van der Waals surface area contributed by atoms with Gasteiger partial charge in [-0.15, -0.1) is 0 Å². The van der Waals surface area contributed by atoms with Gasteiger partial charge in [-0.25, -0.2) is 0 Å². The van der Waals surface area contributed by atoms with E-state index in [0.29, 0.717) is 0 Å². The van der Waals surface area contributed by atoms with E-state index in [0.717, 1.165) is 43.3 Å². The molecule has 2 aliphatic carbocycles. The largest absolute Gasteiger partial charge is 0.376 e. The zero-order chi connectivity index (χ0) is 21.0. The fraction of sp³-hybridized carbons (Fsp3) is 0.655. The molecule has 166 valence electrons. The molecule has 0 heterocycles. The number of hydrogen-bond acceptors (Lipinski definition) is 1. The Morgan fingerprint density at radius 3 is 2.13 bits per heavy atom. The molecule has 3 rings (SSSR count). The molecule has 0 atom stereocenters. The molecular formula is C29H44O. The van der Waals surface area contributed by atoms with E-state index >= 15 is 0 Å². The van der Waals surface area contributed by atoms with Gasteiger partial charge >= 0.3 is 0 Å². The molecule has 0 aromatic heterocycles. The van der Waals surface area contributed by atoms with Gasteiger partial charge in [-0.2, -0.15) is 0 Å². The molecule has 1 aromatic carbocycles. The van der Waals surface area contributed by atoms with Crippen molar-refractivity contribution in [1.82, 2.24) is 0 Å². The summed E-state index contributed by atoms with van der Waals surface area (Å²) < 4.78 is 5.77. The van der Waals surface area contributed by atoms with Crippen molar-refractivity contribution in [3.63, 3.8) is 0 Å². The molecule has 2 fully saturated rings. The summed E-state index contributed by atoms with van der Waals surface area (Å²) in [7, 11) is 0. The minimum atomic E-state index is 0.738. The fourth-order valence-electron chi connectivity index (χ4n) is 5.67. The SMILES string of the molecule is C/C=C/CCOCc1ccc(C2CCC([C@H]3CC[C@H](C/C=C/CC)CC3)CC2)cc1. The summed E-state index contributed by atoms with van der Waals surface area (Å²) >= 11 is 0. The standard InChI is InChI=1S/C29H44O/c1-3-5-7-9-24-10-14-26(15-11-24)28-18-20-29(21-19-28)27-16-12-25(13-17-27)23-30-22-8-6-4-2/h4-7,12-13,16-17,24,26,28-29H,3,8-11,14-15,18-23H2,1-2H3/b6-4+,7-5+/t24-,26-,28?,29?. The first-order valence-electron chi connectivity index (χ1n) is 12.7. The average molecular weight is 409 g/mol. The van der Waals surface area contributed by atoms with Crippen molar-refractivity contribution in [2.45, 2.75) is 97.0 Å². The van der Waals surface area contributed by atoms with Crippen molar-refractivity contribution in [2.24, 2.45) is 17.8 Å². The highest BCUT2D eigenvalue weighted by Crippen LogP contribution is 2.44. The van der Waals surface area contributed by atoms with Crippen molar-refractivity contribution in [3.05, 3.63) is 59.7 Å². The van der Waals surface area contributed by atoms with Gasteiger partial charge in [0.1, 0.15) is 0 Å². The van der Waals surface area contributed by atoms with Crippen molar-refractivity contribution in [3.8, 4) is 0 Å². The number of benzene rings is 1. The molecule has 1 nitrogen and oxygen atoms in total. The van der Waals surface area contributed by atoms with Gasteiger partial charge in [0.05, 0.1) is 13.2 Å². The number of hydrogen-bond donors (Lipinski definition) is 0. The summed E-state index contributed by atoms with van der Waals surface area (Å²) in [6.45, 7) is 5.85. The van der Waals surface area contributed by atoms with Crippen LogP contribution < -0.4 is 0 Å². The van der Waals surface area contributed by atoms with Crippen LogP contribution >= 0.6 is 0 Å². The first-order valence-corrected chi connectivity index (χ1v) is 12.7. The lowest BCUT2D eigenvalue weighted by atomic mass is 9.68. The fourth-order valence-corrected chi connectivity index (χ4v) is 5.67. The number of allylic oxidation sites excluding steroid dienone is 3. The zero-order valence-electron chi connectivity index (χ0n) is 19.5. The van der Waals surface area contributed by atoms with E-state index in [1.54, 1.807) is 5.56 Å². The average Bonchev–Trinajstić information content (AvgIpc) is 2.80. The highest BCUT2D eigenvalue weighted by atomic mass is 16.5. The van der Waals surface area contributed by atoms with Crippen LogP contribution in [0.4, 0.5) is 0 Å². The first-order chi connectivity index (χ1) is 14.8. The normalized spacial score (nSPS) is 27.8. The van der Waals surface area contributed by atoms with Gasteiger partial charge in [-0.1, -0.05) is 55.5 Å². The van der Waals surface area contributed by atoms with Crippen molar-refractivity contribution < 1.29 is 4.74 Å². The van der Waals surface area contributed by atoms with Gasteiger partial charge in [-0.05, 0) is 112 Å². The predicted molar refractivity (Wildman–Crippen MR) is 130 cm³/mol. The van der Waals surface area contributed by atoms with Crippen molar-refractivity contribution in [2.75, 3.05) is 6.61 Å². The Bertz CT molecular complexity index is 625. The summed E-state index contributed by atoms with van der Waals surface area (Å²) in [6.07, 6.45) is 24.1. The Morgan fingerprint density at radius 2 is 1.50 bits per heavy atom. The van der Waals surface area contributed by atoms with Crippen LogP contribution in [0.3, 0.4) is 0 Å². The second-order valence-electron chi connectivity index (χ2n) is 9.66. The molecule has 0 bridgehead atoms. The van der Waals surface area contributed by atoms with Gasteiger partial charge in [0.15, 0.2) is 0 Å². The van der Waals surface area contributed by atoms with Crippen LogP contribution in [0.1, 0.15) is 102 Å². The van der Waals surface area contributed by atoms with Crippen molar-refractivity contribution in [1.29, 1.82) is 0 Å². The summed E-state index contributed by atoms with van der Waals surface area (Å²) in [5, 5.41) is 0. The molecular weight excluding hydrogens is 364 g/mol. The smallest absolute Gasteiger partial charge is 0.0717 e. The maximum absolute atomic E-state index is 5.77. The van der Waals surface area contributed by atoms with E-state index in [4.69, 9.17) is 4.74 Å². The summed E-state index contributed by atoms with van der Waals surface area (Å²) in [6, 6.07) is 9.30. The minimum Gasteiger partial charge on any atom is -0.376 e. The van der Waals surface area contributed by atoms with Crippen LogP contribution in [0.15, 0.2) is 48.6 Å². The van der Waals surface area contributed by atoms with Gasteiger partial charge in [0, 0.05) is 0 Å². The summed E-state index contributed by atoms with van der Waals surface area (Å²) in [5.41, 5.74) is 2.86. The van der Waals surface area contributed by atoms with E-state index in [9.17, 15) is 0 Å². The Kier molecular flexibility index (Phi) is 10.2. The second kappa shape index (κ2) is 13.2. The number of rotatable bonds is 10. The van der Waals surface area contributed by atoms with E-state index in [1.807, 2.05) is 0 Å². The molecule has 0 unspecified atom stereocenters. The molecule has 0 saturated heterocycles. The summed E-state index contributed by atoms with van der Waals surface area (Å²) in [5.74, 6) is 3.75. The van der Waals surface area contributed by atoms with E-state index < -0.39 is 0 Å². The molecule has 0 N–H and O–H groups in total. The lowest BCUT2D eigenvalue weighted by molar-refractivity contribution is 0.125. The lowest BCUT2D eigenvalue weighted by Gasteiger charge is -2.38. The molecule has 1 aromatic rings. The predicted octanol–water partition coefficient (Wildman–Crippen LogP) is 8.61. The van der Waals surface area contributed by atoms with Crippen LogP contribution in [0, 0.1) is 17.8 Å². The van der Waals surface area contributed by atoms with Gasteiger partial charge in [0.25, 0.3) is 0 Å².